The second kappa shape index (κ2) is 36.3. The van der Waals surface area contributed by atoms with Gasteiger partial charge in [-0.15, -0.1) is 0 Å². The molecule has 0 spiro atoms. The zero-order chi connectivity index (χ0) is 36.8. The van der Waals surface area contributed by atoms with E-state index in [-0.39, 0.29) is 19.4 Å². The van der Waals surface area contributed by atoms with Gasteiger partial charge in [0, 0.05) is 12.8 Å². The highest BCUT2D eigenvalue weighted by Gasteiger charge is 2.22. The van der Waals surface area contributed by atoms with Gasteiger partial charge in [0.15, 0.2) is 6.10 Å². The van der Waals surface area contributed by atoms with Crippen molar-refractivity contribution in [3.05, 3.63) is 72.9 Å². The summed E-state index contributed by atoms with van der Waals surface area (Å²) in [6.07, 6.45) is 46.3. The van der Waals surface area contributed by atoms with Crippen LogP contribution in [0.5, 0.6) is 0 Å². The van der Waals surface area contributed by atoms with Crippen molar-refractivity contribution in [1.82, 2.24) is 0 Å². The molecule has 0 aromatic carbocycles. The number of allylic oxidation sites excluding steroid dienone is 12. The lowest BCUT2D eigenvalue weighted by Gasteiger charge is -2.18. The molecule has 0 aliphatic heterocycles. The van der Waals surface area contributed by atoms with Crippen LogP contribution in [-0.2, 0) is 28.2 Å². The van der Waals surface area contributed by atoms with E-state index < -0.39 is 32.5 Å². The Bertz CT molecular complexity index is 1040. The molecule has 0 aliphatic carbocycles. The van der Waals surface area contributed by atoms with Crippen LogP contribution in [0.25, 0.3) is 0 Å². The van der Waals surface area contributed by atoms with Gasteiger partial charge in [0.2, 0.25) is 0 Å². The van der Waals surface area contributed by atoms with E-state index >= 15 is 0 Å². The second-order valence-electron chi connectivity index (χ2n) is 12.5. The fourth-order valence-electron chi connectivity index (χ4n) is 4.87. The van der Waals surface area contributed by atoms with E-state index in [1.165, 1.54) is 51.4 Å². The highest BCUT2D eigenvalue weighted by molar-refractivity contribution is 7.46. The maximum Gasteiger partial charge on any atom is 0.469 e. The Morgan fingerprint density at radius 3 is 1.52 bits per heavy atom. The van der Waals surface area contributed by atoms with Gasteiger partial charge >= 0.3 is 19.8 Å². The molecule has 50 heavy (non-hydrogen) atoms. The molecule has 1 atom stereocenters. The molecule has 8 nitrogen and oxygen atoms in total. The van der Waals surface area contributed by atoms with Gasteiger partial charge in [0.05, 0.1) is 6.61 Å². The molecule has 0 unspecified atom stereocenters. The molecule has 0 saturated heterocycles. The van der Waals surface area contributed by atoms with Gasteiger partial charge in [-0.3, -0.25) is 14.1 Å². The van der Waals surface area contributed by atoms with Crippen LogP contribution in [0.2, 0.25) is 0 Å². The molecule has 0 amide bonds. The van der Waals surface area contributed by atoms with E-state index in [9.17, 15) is 14.2 Å². The van der Waals surface area contributed by atoms with E-state index in [0.717, 1.165) is 57.8 Å². The van der Waals surface area contributed by atoms with Crippen LogP contribution in [0.3, 0.4) is 0 Å². The minimum Gasteiger partial charge on any atom is -0.462 e. The third-order valence-corrected chi connectivity index (χ3v) is 8.19. The van der Waals surface area contributed by atoms with E-state index in [4.69, 9.17) is 19.3 Å². The minimum atomic E-state index is -4.77. The topological polar surface area (TPSA) is 119 Å². The largest absolute Gasteiger partial charge is 0.469 e. The van der Waals surface area contributed by atoms with E-state index in [0.29, 0.717) is 19.3 Å². The number of esters is 2. The Kier molecular flexibility index (Phi) is 34.5. The van der Waals surface area contributed by atoms with Crippen molar-refractivity contribution >= 4 is 19.8 Å². The summed E-state index contributed by atoms with van der Waals surface area (Å²) in [4.78, 5) is 42.7. The number of rotatable bonds is 34. The second-order valence-corrected chi connectivity index (χ2v) is 13.8. The molecular weight excluding hydrogens is 651 g/mol. The summed E-state index contributed by atoms with van der Waals surface area (Å²) in [7, 11) is -4.77. The number of hydrogen-bond acceptors (Lipinski definition) is 6. The fourth-order valence-corrected chi connectivity index (χ4v) is 5.23. The number of carbonyl (C=O) groups is 2. The molecule has 0 saturated carbocycles. The van der Waals surface area contributed by atoms with Gasteiger partial charge in [-0.05, 0) is 77.0 Å². The first-order valence-corrected chi connectivity index (χ1v) is 20.8. The molecule has 0 heterocycles. The van der Waals surface area contributed by atoms with Crippen LogP contribution < -0.4 is 0 Å². The lowest BCUT2D eigenvalue weighted by Crippen LogP contribution is -2.29. The van der Waals surface area contributed by atoms with Gasteiger partial charge in [-0.1, -0.05) is 138 Å². The van der Waals surface area contributed by atoms with Gasteiger partial charge in [0.1, 0.15) is 6.61 Å². The van der Waals surface area contributed by atoms with Crippen molar-refractivity contribution in [2.24, 2.45) is 0 Å². The maximum atomic E-state index is 12.3. The van der Waals surface area contributed by atoms with Gasteiger partial charge in [-0.2, -0.15) is 0 Å². The van der Waals surface area contributed by atoms with Crippen LogP contribution in [-0.4, -0.2) is 41.0 Å². The van der Waals surface area contributed by atoms with Crippen LogP contribution in [0.1, 0.15) is 155 Å². The van der Waals surface area contributed by atoms with Crippen molar-refractivity contribution in [2.45, 2.75) is 161 Å². The first-order chi connectivity index (χ1) is 24.3. The molecule has 2 N–H and O–H groups in total. The standard InChI is InChI=1S/C41H69O8P/c1-3-5-7-9-11-13-15-17-19-20-22-24-26-28-30-32-34-36-41(43)49-39(38-48-50(44,45)46)37-47-40(42)35-33-31-29-27-25-23-21-18-16-14-12-10-8-6-4-2/h5,7,11,13,17,19,22-25,28,30,39H,3-4,6,8-10,12,14-16,18,20-21,26-27,29,31-38H2,1-2H3,(H2,44,45,46)/b7-5+,13-11+,19-17+,24-22+,25-23+,30-28+/t39-/m1/s1. The summed E-state index contributed by atoms with van der Waals surface area (Å²) in [5.74, 6) is -0.978. The van der Waals surface area contributed by atoms with Gasteiger partial charge < -0.3 is 19.3 Å². The van der Waals surface area contributed by atoms with Crippen molar-refractivity contribution < 1.29 is 37.9 Å². The molecule has 0 radical (unpaired) electrons. The highest BCUT2D eigenvalue weighted by Crippen LogP contribution is 2.35. The summed E-state index contributed by atoms with van der Waals surface area (Å²) < 4.78 is 26.2. The number of unbranched alkanes of at least 4 members (excludes halogenated alkanes) is 12. The van der Waals surface area contributed by atoms with E-state index in [1.807, 2.05) is 12.2 Å². The molecule has 0 aromatic heterocycles. The minimum absolute atomic E-state index is 0.127. The van der Waals surface area contributed by atoms with Crippen LogP contribution in [0.4, 0.5) is 0 Å². The molecule has 286 valence electrons. The summed E-state index contributed by atoms with van der Waals surface area (Å²) >= 11 is 0. The normalized spacial score (nSPS) is 13.3. The summed E-state index contributed by atoms with van der Waals surface area (Å²) in [5.41, 5.74) is 0. The van der Waals surface area contributed by atoms with Gasteiger partial charge in [0.25, 0.3) is 0 Å². The van der Waals surface area contributed by atoms with Crippen LogP contribution >= 0.6 is 7.82 Å². The predicted molar refractivity (Wildman–Crippen MR) is 207 cm³/mol. The quantitative estimate of drug-likeness (QED) is 0.0292. The smallest absolute Gasteiger partial charge is 0.462 e. The summed E-state index contributed by atoms with van der Waals surface area (Å²) in [5, 5.41) is 0. The first-order valence-electron chi connectivity index (χ1n) is 19.2. The summed E-state index contributed by atoms with van der Waals surface area (Å²) in [6.45, 7) is 3.49. The summed E-state index contributed by atoms with van der Waals surface area (Å²) in [6, 6.07) is 0. The molecular formula is C41H69O8P. The Hall–Kier alpha value is -2.51. The van der Waals surface area contributed by atoms with Crippen molar-refractivity contribution in [1.29, 1.82) is 0 Å². The van der Waals surface area contributed by atoms with E-state index in [2.05, 4.69) is 79.1 Å². The SMILES string of the molecule is CC/C=C/C/C=C/C/C=C/C/C=C/C/C=C/CCCC(=O)O[C@H](COC(=O)CCCCC/C=C/CCCCCCCCCC)COP(=O)(O)O. The van der Waals surface area contributed by atoms with Crippen molar-refractivity contribution in [3.63, 3.8) is 0 Å². The number of phosphoric ester groups is 1. The molecule has 9 heteroatoms. The zero-order valence-electron chi connectivity index (χ0n) is 31.3. The van der Waals surface area contributed by atoms with Crippen molar-refractivity contribution in [3.8, 4) is 0 Å². The first kappa shape index (κ1) is 47.5. The third-order valence-electron chi connectivity index (χ3n) is 7.71. The maximum absolute atomic E-state index is 12.3. The predicted octanol–water partition coefficient (Wildman–Crippen LogP) is 11.5. The molecule has 0 rings (SSSR count). The zero-order valence-corrected chi connectivity index (χ0v) is 32.2. The van der Waals surface area contributed by atoms with Crippen LogP contribution in [0, 0.1) is 0 Å². The average Bonchev–Trinajstić information content (AvgIpc) is 3.08. The number of hydrogen-bond donors (Lipinski definition) is 2. The lowest BCUT2D eigenvalue weighted by atomic mass is 10.1. The van der Waals surface area contributed by atoms with Crippen molar-refractivity contribution in [2.75, 3.05) is 13.2 Å². The van der Waals surface area contributed by atoms with Gasteiger partial charge in [-0.25, -0.2) is 4.57 Å². The van der Waals surface area contributed by atoms with E-state index in [1.54, 1.807) is 0 Å². The molecule has 0 fully saturated rings. The van der Waals surface area contributed by atoms with Crippen LogP contribution in [0.15, 0.2) is 72.9 Å². The molecule has 0 aromatic rings. The Labute approximate surface area is 304 Å². The lowest BCUT2D eigenvalue weighted by molar-refractivity contribution is -0.161. The Morgan fingerprint density at radius 2 is 0.980 bits per heavy atom. The Balaban J connectivity index is 4.11. The Morgan fingerprint density at radius 1 is 0.540 bits per heavy atom. The number of carbonyl (C=O) groups excluding carboxylic acids is 2. The molecule has 0 aliphatic rings. The number of phosphoric acid groups is 1. The third kappa shape index (κ3) is 38.3. The monoisotopic (exact) mass is 720 g/mol. The average molecular weight is 721 g/mol. The number of ether oxygens (including phenoxy) is 2. The molecule has 0 bridgehead atoms. The highest BCUT2D eigenvalue weighted by atomic mass is 31.2. The fraction of sp³-hybridized carbons (Fsp3) is 0.659.